The number of carbonyl (C=O) groups excluding carboxylic acids is 5. The number of phenolic OH excluding ortho intramolecular Hbond substituents is 1. The van der Waals surface area contributed by atoms with E-state index in [0.29, 0.717) is 43.4 Å². The third kappa shape index (κ3) is 8.39. The molecule has 0 unspecified atom stereocenters. The summed E-state index contributed by atoms with van der Waals surface area (Å²) in [7, 11) is -3.92. The van der Waals surface area contributed by atoms with Crippen LogP contribution >= 0.6 is 0 Å². The number of alkyl carbamates (subject to hydrolysis) is 1. The van der Waals surface area contributed by atoms with Crippen LogP contribution in [0.15, 0.2) is 54.6 Å². The van der Waals surface area contributed by atoms with Crippen molar-refractivity contribution >= 4 is 39.7 Å². The van der Waals surface area contributed by atoms with E-state index < -0.39 is 74.1 Å². The fourth-order valence-electron chi connectivity index (χ4n) is 8.20. The lowest BCUT2D eigenvalue weighted by atomic mass is 9.93. The highest BCUT2D eigenvalue weighted by Crippen LogP contribution is 2.47. The van der Waals surface area contributed by atoms with Crippen LogP contribution in [0.25, 0.3) is 11.3 Å². The minimum Gasteiger partial charge on any atom is -0.508 e. The molecule has 2 saturated carbocycles. The van der Waals surface area contributed by atoms with Crippen LogP contribution in [0.4, 0.5) is 4.79 Å². The third-order valence-corrected chi connectivity index (χ3v) is 13.1. The highest BCUT2D eigenvalue weighted by atomic mass is 32.2. The summed E-state index contributed by atoms with van der Waals surface area (Å²) in [5.41, 5.74) is -0.913. The van der Waals surface area contributed by atoms with Gasteiger partial charge in [0.1, 0.15) is 34.7 Å². The zero-order valence-corrected chi connectivity index (χ0v) is 32.7. The predicted octanol–water partition coefficient (Wildman–Crippen LogP) is 3.25. The summed E-state index contributed by atoms with van der Waals surface area (Å²) in [6, 6.07) is 9.42. The van der Waals surface area contributed by atoms with Crippen molar-refractivity contribution in [1.82, 2.24) is 30.1 Å². The number of fused-ring (bicyclic) bond motifs is 4. The Morgan fingerprint density at radius 3 is 2.45 bits per heavy atom. The molecule has 3 aliphatic heterocycles. The summed E-state index contributed by atoms with van der Waals surface area (Å²) < 4.78 is 33.5. The Morgan fingerprint density at radius 1 is 0.982 bits per heavy atom. The van der Waals surface area contributed by atoms with Gasteiger partial charge in [-0.15, -0.1) is 0 Å². The maximum atomic E-state index is 14.7. The van der Waals surface area contributed by atoms with Gasteiger partial charge >= 0.3 is 6.09 Å². The Morgan fingerprint density at radius 2 is 1.73 bits per heavy atom. The van der Waals surface area contributed by atoms with Crippen LogP contribution in [-0.2, 0) is 29.1 Å². The molecule has 300 valence electrons. The Balaban J connectivity index is 1.18. The summed E-state index contributed by atoms with van der Waals surface area (Å²) in [5, 5.41) is 14.7. The van der Waals surface area contributed by atoms with Gasteiger partial charge in [0.25, 0.3) is 11.8 Å². The minimum absolute atomic E-state index is 0.102. The van der Waals surface area contributed by atoms with E-state index in [-0.39, 0.29) is 49.3 Å². The number of amides is 5. The number of ether oxygens (including phenoxy) is 1. The van der Waals surface area contributed by atoms with E-state index in [1.54, 1.807) is 56.0 Å². The van der Waals surface area contributed by atoms with Crippen molar-refractivity contribution in [1.29, 1.82) is 0 Å². The molecule has 0 radical (unpaired) electrons. The SMILES string of the molecule is CC(C)(C)OC(=O)N[C@H]1CCCCC/C=C\[C@H]2C[C@@]2(C(=O)NS(=O)(=O)C2CC2)NC(=O)[C@@H]2[C@H]3CN(C(=O)c4cccc(-c5ccc(O)cc5)n4)C[C@H]3CN2C1=O. The number of rotatable bonds is 6. The molecule has 2 aromatic rings. The Kier molecular flexibility index (Phi) is 10.6. The first-order chi connectivity index (χ1) is 26.5. The van der Waals surface area contributed by atoms with Crippen molar-refractivity contribution in [2.24, 2.45) is 17.8 Å². The lowest BCUT2D eigenvalue weighted by Crippen LogP contribution is -2.60. The molecule has 2 saturated heterocycles. The van der Waals surface area contributed by atoms with Crippen LogP contribution in [0, 0.1) is 17.8 Å². The summed E-state index contributed by atoms with van der Waals surface area (Å²) in [6.45, 7) is 5.61. The highest BCUT2D eigenvalue weighted by Gasteiger charge is 2.63. The lowest BCUT2D eigenvalue weighted by molar-refractivity contribution is -0.142. The summed E-state index contributed by atoms with van der Waals surface area (Å²) in [6.07, 6.45) is 7.27. The van der Waals surface area contributed by atoms with Crippen molar-refractivity contribution in [3.8, 4) is 17.0 Å². The van der Waals surface area contributed by atoms with Gasteiger partial charge < -0.3 is 30.3 Å². The number of pyridine rings is 1. The number of carbonyl (C=O) groups is 5. The van der Waals surface area contributed by atoms with Crippen molar-refractivity contribution < 1.29 is 42.2 Å². The minimum atomic E-state index is -3.92. The summed E-state index contributed by atoms with van der Waals surface area (Å²) in [4.78, 5) is 77.7. The van der Waals surface area contributed by atoms with E-state index in [4.69, 9.17) is 4.74 Å². The Labute approximate surface area is 326 Å². The van der Waals surface area contributed by atoms with Crippen LogP contribution in [0.3, 0.4) is 0 Å². The van der Waals surface area contributed by atoms with E-state index in [2.05, 4.69) is 20.3 Å². The van der Waals surface area contributed by atoms with Crippen molar-refractivity contribution in [2.45, 2.75) is 101 Å². The second-order valence-corrected chi connectivity index (χ2v) is 18.7. The molecule has 6 atom stereocenters. The molecule has 1 aromatic carbocycles. The first kappa shape index (κ1) is 39.3. The van der Waals surface area contributed by atoms with Gasteiger partial charge in [-0.2, -0.15) is 0 Å². The van der Waals surface area contributed by atoms with Crippen LogP contribution in [-0.4, -0.2) is 106 Å². The van der Waals surface area contributed by atoms with Gasteiger partial charge in [0, 0.05) is 43.0 Å². The second-order valence-electron chi connectivity index (χ2n) is 16.7. The molecule has 0 spiro atoms. The molecule has 16 heteroatoms. The highest BCUT2D eigenvalue weighted by molar-refractivity contribution is 7.91. The first-order valence-corrected chi connectivity index (χ1v) is 21.0. The molecule has 56 heavy (non-hydrogen) atoms. The normalized spacial score (nSPS) is 28.7. The average molecular weight is 791 g/mol. The zero-order chi connectivity index (χ0) is 40.0. The van der Waals surface area contributed by atoms with Gasteiger partial charge in [-0.25, -0.2) is 18.2 Å². The van der Waals surface area contributed by atoms with Crippen molar-refractivity contribution in [2.75, 3.05) is 19.6 Å². The van der Waals surface area contributed by atoms with Gasteiger partial charge in [-0.05, 0) is 95.7 Å². The second kappa shape index (κ2) is 15.2. The quantitative estimate of drug-likeness (QED) is 0.315. The average Bonchev–Trinajstić information content (AvgIpc) is 4.04. The molecule has 7 rings (SSSR count). The summed E-state index contributed by atoms with van der Waals surface area (Å²) in [5.74, 6) is -3.48. The third-order valence-electron chi connectivity index (χ3n) is 11.3. The molecule has 0 bridgehead atoms. The van der Waals surface area contributed by atoms with E-state index in [1.165, 1.54) is 17.0 Å². The number of benzene rings is 1. The molecule has 4 fully saturated rings. The van der Waals surface area contributed by atoms with E-state index in [1.807, 2.05) is 12.2 Å². The van der Waals surface area contributed by atoms with Gasteiger partial charge in [0.05, 0.1) is 10.9 Å². The molecule has 5 aliphatic rings. The number of likely N-dealkylation sites (tertiary alicyclic amines) is 1. The summed E-state index contributed by atoms with van der Waals surface area (Å²) >= 11 is 0. The molecule has 15 nitrogen and oxygen atoms in total. The van der Waals surface area contributed by atoms with Gasteiger partial charge in [0.15, 0.2) is 0 Å². The zero-order valence-electron chi connectivity index (χ0n) is 31.9. The number of aromatic nitrogens is 1. The van der Waals surface area contributed by atoms with E-state index >= 15 is 0 Å². The van der Waals surface area contributed by atoms with Crippen molar-refractivity contribution in [3.05, 3.63) is 60.3 Å². The number of nitrogens with zero attached hydrogens (tertiary/aromatic N) is 3. The van der Waals surface area contributed by atoms with E-state index in [9.17, 15) is 37.5 Å². The van der Waals surface area contributed by atoms with Crippen LogP contribution in [0.1, 0.15) is 82.6 Å². The van der Waals surface area contributed by atoms with Gasteiger partial charge in [0.2, 0.25) is 21.8 Å². The number of hydrogen-bond acceptors (Lipinski definition) is 10. The molecule has 1 aromatic heterocycles. The van der Waals surface area contributed by atoms with Gasteiger partial charge in [-0.1, -0.05) is 31.1 Å². The Hall–Kier alpha value is -4.99. The Bertz CT molecular complexity index is 2030. The van der Waals surface area contributed by atoms with Crippen molar-refractivity contribution in [3.63, 3.8) is 0 Å². The number of aromatic hydroxyl groups is 1. The fraction of sp³-hybridized carbons (Fsp3) is 0.550. The largest absolute Gasteiger partial charge is 0.508 e. The van der Waals surface area contributed by atoms with Crippen LogP contribution in [0.5, 0.6) is 5.75 Å². The van der Waals surface area contributed by atoms with Crippen LogP contribution < -0.4 is 15.4 Å². The molecule has 4 N–H and O–H groups in total. The molecular formula is C40H50N6O9S. The molecule has 5 amide bonds. The molecule has 2 aliphatic carbocycles. The van der Waals surface area contributed by atoms with Gasteiger partial charge in [-0.3, -0.25) is 23.9 Å². The number of sulfonamides is 1. The number of phenols is 1. The number of nitrogens with one attached hydrogen (secondary N) is 3. The maximum Gasteiger partial charge on any atom is 0.408 e. The maximum absolute atomic E-state index is 14.7. The predicted molar refractivity (Wildman–Crippen MR) is 204 cm³/mol. The monoisotopic (exact) mass is 790 g/mol. The fourth-order valence-corrected chi connectivity index (χ4v) is 9.56. The molecular weight excluding hydrogens is 741 g/mol. The number of hydrogen-bond donors (Lipinski definition) is 4. The molecule has 4 heterocycles. The van der Waals surface area contributed by atoms with Crippen LogP contribution in [0.2, 0.25) is 0 Å². The smallest absolute Gasteiger partial charge is 0.408 e. The standard InChI is InChI=1S/C40H50N6O9S/c1-39(2,3)55-38(52)42-32-11-8-6-4-5-7-10-26-20-40(26,37(51)44-56(53,54)28-18-19-28)43-34(48)33-29-23-45(21-25(29)22-46(33)36(32)50)35(49)31-13-9-12-30(41-31)24-14-16-27(47)17-15-24/h7,9-10,12-17,25-26,28-29,32-33,47H,4-6,8,11,18-23H2,1-3H3,(H,42,52)(H,43,48)(H,44,51)/b10-7-/t25-,26-,29-,32-,33-,40+/m0/s1. The first-order valence-electron chi connectivity index (χ1n) is 19.4. The lowest BCUT2D eigenvalue weighted by Gasteiger charge is -2.33. The number of allylic oxidation sites excluding steroid dienone is 1. The van der Waals surface area contributed by atoms with E-state index in [0.717, 1.165) is 12.8 Å². The topological polar surface area (TPSA) is 204 Å².